The van der Waals surface area contributed by atoms with Crippen LogP contribution in [0.2, 0.25) is 0 Å². The maximum atomic E-state index is 14.3. The lowest BCUT2D eigenvalue weighted by atomic mass is 10.2. The second-order valence-electron chi connectivity index (χ2n) is 4.78. The van der Waals surface area contributed by atoms with E-state index in [0.29, 0.717) is 17.2 Å². The van der Waals surface area contributed by atoms with Crippen LogP contribution in [0.5, 0.6) is 0 Å². The molecule has 0 saturated carbocycles. The molecule has 0 spiro atoms. The number of aliphatic hydroxyl groups excluding tert-OH is 1. The summed E-state index contributed by atoms with van der Waals surface area (Å²) in [6.45, 7) is 1.73. The molecule has 21 heavy (non-hydrogen) atoms. The molecule has 1 aliphatic rings. The molecule has 6 nitrogen and oxygen atoms in total. The zero-order valence-corrected chi connectivity index (χ0v) is 11.4. The highest BCUT2D eigenvalue weighted by Crippen LogP contribution is 2.25. The molecule has 1 aromatic carbocycles. The third-order valence-corrected chi connectivity index (χ3v) is 3.41. The molecule has 1 amide bonds. The Bertz CT molecular complexity index is 686. The van der Waals surface area contributed by atoms with Crippen molar-refractivity contribution < 1.29 is 19.0 Å². The number of amides is 1. The average molecular weight is 291 g/mol. The summed E-state index contributed by atoms with van der Waals surface area (Å²) in [4.78, 5) is 17.0. The fourth-order valence-electron chi connectivity index (χ4n) is 2.32. The lowest BCUT2D eigenvalue weighted by molar-refractivity contribution is 0.0963. The maximum Gasteiger partial charge on any atom is 0.414 e. The van der Waals surface area contributed by atoms with E-state index in [4.69, 9.17) is 9.84 Å². The van der Waals surface area contributed by atoms with Crippen LogP contribution in [0.3, 0.4) is 0 Å². The van der Waals surface area contributed by atoms with Crippen LogP contribution in [0.1, 0.15) is 5.82 Å². The molecule has 0 aliphatic carbocycles. The molecule has 110 valence electrons. The minimum absolute atomic E-state index is 0.207. The lowest BCUT2D eigenvalue weighted by Crippen LogP contribution is -2.25. The first-order valence-corrected chi connectivity index (χ1v) is 6.49. The van der Waals surface area contributed by atoms with Gasteiger partial charge >= 0.3 is 6.09 Å². The van der Waals surface area contributed by atoms with Crippen molar-refractivity contribution in [2.24, 2.45) is 0 Å². The average Bonchev–Trinajstić information content (AvgIpc) is 3.05. The number of anilines is 1. The van der Waals surface area contributed by atoms with Crippen molar-refractivity contribution >= 4 is 11.8 Å². The number of hydrogen-bond acceptors (Lipinski definition) is 4. The fraction of sp³-hybridized carbons (Fsp3) is 0.286. The van der Waals surface area contributed by atoms with Gasteiger partial charge in [0.15, 0.2) is 0 Å². The molecule has 7 heteroatoms. The normalized spacial score (nSPS) is 18.1. The second kappa shape index (κ2) is 5.17. The summed E-state index contributed by atoms with van der Waals surface area (Å²) in [5.41, 5.74) is 0.759. The summed E-state index contributed by atoms with van der Waals surface area (Å²) in [5, 5.41) is 9.01. The van der Waals surface area contributed by atoms with Gasteiger partial charge < -0.3 is 14.4 Å². The van der Waals surface area contributed by atoms with Gasteiger partial charge in [-0.1, -0.05) is 0 Å². The molecule has 0 unspecified atom stereocenters. The molecule has 0 bridgehead atoms. The Morgan fingerprint density at radius 2 is 2.33 bits per heavy atom. The van der Waals surface area contributed by atoms with E-state index < -0.39 is 18.0 Å². The van der Waals surface area contributed by atoms with Gasteiger partial charge in [-0.3, -0.25) is 4.90 Å². The maximum absolute atomic E-state index is 14.3. The topological polar surface area (TPSA) is 67.6 Å². The third-order valence-electron chi connectivity index (χ3n) is 3.41. The van der Waals surface area contributed by atoms with E-state index in [9.17, 15) is 9.18 Å². The van der Waals surface area contributed by atoms with Crippen molar-refractivity contribution in [1.29, 1.82) is 0 Å². The first-order valence-electron chi connectivity index (χ1n) is 6.49. The Balaban J connectivity index is 1.92. The van der Waals surface area contributed by atoms with E-state index in [0.717, 1.165) is 0 Å². The van der Waals surface area contributed by atoms with Gasteiger partial charge in [-0.15, -0.1) is 0 Å². The SMILES string of the molecule is Cc1nccn1-c1ccc(N2C[C@H](CO)OC2=O)cc1F. The summed E-state index contributed by atoms with van der Waals surface area (Å²) in [5.74, 6) is 0.205. The van der Waals surface area contributed by atoms with Gasteiger partial charge in [0.05, 0.1) is 24.5 Å². The quantitative estimate of drug-likeness (QED) is 0.933. The molecule has 1 fully saturated rings. The second-order valence-corrected chi connectivity index (χ2v) is 4.78. The van der Waals surface area contributed by atoms with E-state index in [-0.39, 0.29) is 13.2 Å². The van der Waals surface area contributed by atoms with E-state index in [1.54, 1.807) is 36.0 Å². The molecule has 1 saturated heterocycles. The van der Waals surface area contributed by atoms with Gasteiger partial charge in [-0.25, -0.2) is 14.2 Å². The Morgan fingerprint density at radius 3 is 2.90 bits per heavy atom. The summed E-state index contributed by atoms with van der Waals surface area (Å²) < 4.78 is 20.8. The highest BCUT2D eigenvalue weighted by atomic mass is 19.1. The van der Waals surface area contributed by atoms with Crippen LogP contribution in [-0.2, 0) is 4.74 Å². The van der Waals surface area contributed by atoms with Crippen LogP contribution in [0.25, 0.3) is 5.69 Å². The molecule has 2 heterocycles. The Kier molecular flexibility index (Phi) is 3.34. The van der Waals surface area contributed by atoms with Crippen molar-refractivity contribution in [3.63, 3.8) is 0 Å². The highest BCUT2D eigenvalue weighted by Gasteiger charge is 2.32. The highest BCUT2D eigenvalue weighted by molar-refractivity contribution is 5.89. The zero-order chi connectivity index (χ0) is 15.0. The number of aryl methyl sites for hydroxylation is 1. The van der Waals surface area contributed by atoms with E-state index in [2.05, 4.69) is 4.98 Å². The minimum atomic E-state index is -0.583. The number of nitrogens with zero attached hydrogens (tertiary/aromatic N) is 3. The molecular formula is C14H14FN3O3. The number of hydrogen-bond donors (Lipinski definition) is 1. The predicted molar refractivity (Wildman–Crippen MR) is 73.0 cm³/mol. The largest absolute Gasteiger partial charge is 0.441 e. The number of benzene rings is 1. The van der Waals surface area contributed by atoms with E-state index in [1.807, 2.05) is 0 Å². The molecule has 2 aromatic rings. The summed E-state index contributed by atoms with van der Waals surface area (Å²) in [6.07, 6.45) is 2.10. The van der Waals surface area contributed by atoms with Crippen molar-refractivity contribution in [3.8, 4) is 5.69 Å². The Hall–Kier alpha value is -2.41. The zero-order valence-electron chi connectivity index (χ0n) is 11.4. The summed E-state index contributed by atoms with van der Waals surface area (Å²) in [6, 6.07) is 4.49. The van der Waals surface area contributed by atoms with Crippen molar-refractivity contribution in [2.45, 2.75) is 13.0 Å². The van der Waals surface area contributed by atoms with Crippen molar-refractivity contribution in [3.05, 3.63) is 42.2 Å². The van der Waals surface area contributed by atoms with Crippen LogP contribution in [0, 0.1) is 12.7 Å². The van der Waals surface area contributed by atoms with Crippen LogP contribution in [0.15, 0.2) is 30.6 Å². The predicted octanol–water partition coefficient (Wildman–Crippen LogP) is 1.64. The van der Waals surface area contributed by atoms with E-state index >= 15 is 0 Å². The van der Waals surface area contributed by atoms with Gasteiger partial charge in [0.1, 0.15) is 17.7 Å². The molecule has 3 rings (SSSR count). The number of carbonyl (C=O) groups is 1. The first-order chi connectivity index (χ1) is 10.1. The Labute approximate surface area is 120 Å². The summed E-state index contributed by atoms with van der Waals surface area (Å²) >= 11 is 0. The van der Waals surface area contributed by atoms with Crippen LogP contribution in [0.4, 0.5) is 14.9 Å². The third kappa shape index (κ3) is 2.36. The van der Waals surface area contributed by atoms with Gasteiger partial charge in [0, 0.05) is 12.4 Å². The molecule has 1 aliphatic heterocycles. The van der Waals surface area contributed by atoms with Crippen LogP contribution < -0.4 is 4.90 Å². The number of ether oxygens (including phenoxy) is 1. The standard InChI is InChI=1S/C14H14FN3O3/c1-9-16-4-5-17(9)13-3-2-10(6-12(13)15)18-7-11(8-19)21-14(18)20/h2-6,11,19H,7-8H2,1H3/t11-/m1/s1. The number of aliphatic hydroxyl groups is 1. The Morgan fingerprint density at radius 1 is 1.52 bits per heavy atom. The monoisotopic (exact) mass is 291 g/mol. The smallest absolute Gasteiger partial charge is 0.414 e. The number of carbonyl (C=O) groups excluding carboxylic acids is 1. The minimum Gasteiger partial charge on any atom is -0.441 e. The van der Waals surface area contributed by atoms with Crippen LogP contribution >= 0.6 is 0 Å². The lowest BCUT2D eigenvalue weighted by Gasteiger charge is -2.14. The van der Waals surface area contributed by atoms with Gasteiger partial charge in [-0.2, -0.15) is 0 Å². The van der Waals surface area contributed by atoms with Crippen LogP contribution in [-0.4, -0.2) is 40.0 Å². The fourth-order valence-corrected chi connectivity index (χ4v) is 2.32. The molecule has 0 radical (unpaired) electrons. The number of aromatic nitrogens is 2. The first kappa shape index (κ1) is 13.6. The molecule has 1 N–H and O–H groups in total. The number of imidazole rings is 1. The van der Waals surface area contributed by atoms with Crippen molar-refractivity contribution in [2.75, 3.05) is 18.1 Å². The molecule has 1 atom stereocenters. The summed E-state index contributed by atoms with van der Waals surface area (Å²) in [7, 11) is 0. The van der Waals surface area contributed by atoms with Gasteiger partial charge in [0.2, 0.25) is 0 Å². The van der Waals surface area contributed by atoms with E-state index in [1.165, 1.54) is 11.0 Å². The number of rotatable bonds is 3. The van der Waals surface area contributed by atoms with Gasteiger partial charge in [0.25, 0.3) is 0 Å². The van der Waals surface area contributed by atoms with Gasteiger partial charge in [-0.05, 0) is 25.1 Å². The molecule has 1 aromatic heterocycles. The van der Waals surface area contributed by atoms with Crippen molar-refractivity contribution in [1.82, 2.24) is 9.55 Å². The number of halogens is 1. The molecular weight excluding hydrogens is 277 g/mol. The number of cyclic esters (lactones) is 1.